The fourth-order valence-corrected chi connectivity index (χ4v) is 1.77. The van der Waals surface area contributed by atoms with Crippen LogP contribution in [0.3, 0.4) is 0 Å². The lowest BCUT2D eigenvalue weighted by Crippen LogP contribution is -2.24. The Kier molecular flexibility index (Phi) is 5.22. The number of hydrogen-bond donors (Lipinski definition) is 2. The Bertz CT molecular complexity index is 626. The Balaban J connectivity index is 1.92. The van der Waals surface area contributed by atoms with E-state index in [9.17, 15) is 0 Å². The molecule has 0 radical (unpaired) electrons. The predicted molar refractivity (Wildman–Crippen MR) is 88.8 cm³/mol. The number of nitrogens with zero attached hydrogens (tertiary/aromatic N) is 2. The monoisotopic (exact) mass is 300 g/mol. The third kappa shape index (κ3) is 4.54. The number of benzene rings is 1. The molecule has 0 bridgehead atoms. The first kappa shape index (κ1) is 14.9. The van der Waals surface area contributed by atoms with Crippen LogP contribution in [0.2, 0.25) is 0 Å². The first-order chi connectivity index (χ1) is 10.2. The second-order valence-corrected chi connectivity index (χ2v) is 4.64. The van der Waals surface area contributed by atoms with Crippen LogP contribution in [-0.4, -0.2) is 22.9 Å². The molecule has 1 heterocycles. The molecule has 0 spiro atoms. The minimum absolute atomic E-state index is 0.420. The summed E-state index contributed by atoms with van der Waals surface area (Å²) in [6.07, 6.45) is 3.47. The third-order valence-electron chi connectivity index (χ3n) is 2.75. The van der Waals surface area contributed by atoms with Crippen molar-refractivity contribution in [3.8, 4) is 5.75 Å². The maximum absolute atomic E-state index is 5.19. The van der Waals surface area contributed by atoms with Crippen molar-refractivity contribution < 1.29 is 4.74 Å². The van der Waals surface area contributed by atoms with Gasteiger partial charge in [0.15, 0.2) is 5.11 Å². The van der Waals surface area contributed by atoms with Gasteiger partial charge in [0.1, 0.15) is 5.75 Å². The molecule has 108 valence electrons. The Morgan fingerprint density at radius 2 is 2.00 bits per heavy atom. The minimum atomic E-state index is 0.420. The van der Waals surface area contributed by atoms with E-state index in [1.54, 1.807) is 19.5 Å². The van der Waals surface area contributed by atoms with Crippen molar-refractivity contribution in [1.82, 2.24) is 10.4 Å². The number of hydrogen-bond acceptors (Lipinski definition) is 4. The topological polar surface area (TPSA) is 58.5 Å². The number of ether oxygens (including phenoxy) is 1. The van der Waals surface area contributed by atoms with Crippen molar-refractivity contribution in [3.05, 3.63) is 54.4 Å². The Labute approximate surface area is 129 Å². The number of thiocarbonyl (C=S) groups is 1. The van der Waals surface area contributed by atoms with Gasteiger partial charge in [-0.2, -0.15) is 5.10 Å². The first-order valence-corrected chi connectivity index (χ1v) is 6.75. The molecule has 21 heavy (non-hydrogen) atoms. The van der Waals surface area contributed by atoms with Crippen LogP contribution in [-0.2, 0) is 0 Å². The van der Waals surface area contributed by atoms with Crippen LogP contribution in [0.1, 0.15) is 12.5 Å². The van der Waals surface area contributed by atoms with Crippen molar-refractivity contribution in [2.24, 2.45) is 5.10 Å². The number of anilines is 1. The molecule has 0 atom stereocenters. The molecule has 0 fully saturated rings. The summed E-state index contributed by atoms with van der Waals surface area (Å²) < 4.78 is 5.10. The fourth-order valence-electron chi connectivity index (χ4n) is 1.61. The van der Waals surface area contributed by atoms with E-state index >= 15 is 0 Å². The second-order valence-electron chi connectivity index (χ2n) is 4.23. The summed E-state index contributed by atoms with van der Waals surface area (Å²) >= 11 is 5.19. The lowest BCUT2D eigenvalue weighted by molar-refractivity contribution is 0.415. The lowest BCUT2D eigenvalue weighted by atomic mass is 10.2. The normalized spacial score (nSPS) is 10.9. The van der Waals surface area contributed by atoms with Crippen molar-refractivity contribution >= 4 is 28.7 Å². The lowest BCUT2D eigenvalue weighted by Gasteiger charge is -2.08. The standard InChI is InChI=1S/C15H16N4OS/c1-11(12-4-3-9-16-10-12)18-19-15(21)17-13-5-7-14(20-2)8-6-13/h3-10H,1-2H3,(H2,17,19,21)/b18-11-. The highest BCUT2D eigenvalue weighted by molar-refractivity contribution is 7.80. The minimum Gasteiger partial charge on any atom is -0.497 e. The Hall–Kier alpha value is -2.47. The van der Waals surface area contributed by atoms with Crippen molar-refractivity contribution in [1.29, 1.82) is 0 Å². The molecule has 0 saturated heterocycles. The Morgan fingerprint density at radius 1 is 1.24 bits per heavy atom. The number of rotatable bonds is 4. The average molecular weight is 300 g/mol. The van der Waals surface area contributed by atoms with E-state index in [4.69, 9.17) is 17.0 Å². The number of methoxy groups -OCH3 is 1. The van der Waals surface area contributed by atoms with Gasteiger partial charge in [-0.15, -0.1) is 0 Å². The van der Waals surface area contributed by atoms with Crippen LogP contribution in [0.25, 0.3) is 0 Å². The number of pyridine rings is 1. The van der Waals surface area contributed by atoms with E-state index in [1.807, 2.05) is 43.3 Å². The first-order valence-electron chi connectivity index (χ1n) is 6.35. The van der Waals surface area contributed by atoms with Crippen molar-refractivity contribution in [2.75, 3.05) is 12.4 Å². The van der Waals surface area contributed by atoms with Crippen LogP contribution in [0.15, 0.2) is 53.9 Å². The zero-order valence-corrected chi connectivity index (χ0v) is 12.6. The fraction of sp³-hybridized carbons (Fsp3) is 0.133. The third-order valence-corrected chi connectivity index (χ3v) is 2.95. The average Bonchev–Trinajstić information content (AvgIpc) is 2.54. The Morgan fingerprint density at radius 3 is 2.62 bits per heavy atom. The summed E-state index contributed by atoms with van der Waals surface area (Å²) in [6, 6.07) is 11.3. The predicted octanol–water partition coefficient (Wildman–Crippen LogP) is 2.80. The molecule has 2 aromatic rings. The van der Waals surface area contributed by atoms with Crippen molar-refractivity contribution in [3.63, 3.8) is 0 Å². The van der Waals surface area contributed by atoms with E-state index in [0.717, 1.165) is 22.7 Å². The molecule has 2 rings (SSSR count). The molecule has 1 aromatic heterocycles. The van der Waals surface area contributed by atoms with Crippen LogP contribution in [0.5, 0.6) is 5.75 Å². The highest BCUT2D eigenvalue weighted by Gasteiger charge is 1.99. The molecule has 5 nitrogen and oxygen atoms in total. The van der Waals surface area contributed by atoms with Gasteiger partial charge in [0.2, 0.25) is 0 Å². The summed E-state index contributed by atoms with van der Waals surface area (Å²) in [5.74, 6) is 0.796. The van der Waals surface area contributed by atoms with Crippen molar-refractivity contribution in [2.45, 2.75) is 6.92 Å². The van der Waals surface area contributed by atoms with Gasteiger partial charge in [0.05, 0.1) is 12.8 Å². The van der Waals surface area contributed by atoms with Crippen LogP contribution in [0, 0.1) is 0 Å². The van der Waals surface area contributed by atoms with Gasteiger partial charge in [-0.05, 0) is 49.5 Å². The molecule has 2 N–H and O–H groups in total. The van der Waals surface area contributed by atoms with Gasteiger partial charge in [0.25, 0.3) is 0 Å². The molecule has 0 aliphatic rings. The highest BCUT2D eigenvalue weighted by atomic mass is 32.1. The number of hydrazone groups is 1. The zero-order chi connectivity index (χ0) is 15.1. The SMILES string of the molecule is COc1ccc(NC(=S)N/N=C(/C)c2cccnc2)cc1. The molecule has 1 aromatic carbocycles. The quantitative estimate of drug-likeness (QED) is 0.516. The van der Waals surface area contributed by atoms with Gasteiger partial charge in [-0.1, -0.05) is 6.07 Å². The van der Waals surface area contributed by atoms with Gasteiger partial charge in [-0.3, -0.25) is 10.4 Å². The number of nitrogens with one attached hydrogen (secondary N) is 2. The van der Waals surface area contributed by atoms with Gasteiger partial charge in [0, 0.05) is 23.6 Å². The van der Waals surface area contributed by atoms with Gasteiger partial charge in [-0.25, -0.2) is 0 Å². The molecular formula is C15H16N4OS. The largest absolute Gasteiger partial charge is 0.497 e. The van der Waals surface area contributed by atoms with Crippen LogP contribution >= 0.6 is 12.2 Å². The molecule has 0 amide bonds. The molecule has 0 unspecified atom stereocenters. The van der Waals surface area contributed by atoms with Gasteiger partial charge < -0.3 is 10.1 Å². The summed E-state index contributed by atoms with van der Waals surface area (Å²) in [5, 5.41) is 7.68. The maximum atomic E-state index is 5.19. The maximum Gasteiger partial charge on any atom is 0.191 e. The molecule has 0 saturated carbocycles. The van der Waals surface area contributed by atoms with Crippen LogP contribution in [0.4, 0.5) is 5.69 Å². The second kappa shape index (κ2) is 7.35. The van der Waals surface area contributed by atoms with E-state index in [2.05, 4.69) is 20.8 Å². The smallest absolute Gasteiger partial charge is 0.191 e. The van der Waals surface area contributed by atoms with E-state index in [-0.39, 0.29) is 0 Å². The van der Waals surface area contributed by atoms with Gasteiger partial charge >= 0.3 is 0 Å². The van der Waals surface area contributed by atoms with Crippen LogP contribution < -0.4 is 15.5 Å². The summed E-state index contributed by atoms with van der Waals surface area (Å²) in [6.45, 7) is 1.89. The summed E-state index contributed by atoms with van der Waals surface area (Å²) in [7, 11) is 1.63. The number of aromatic nitrogens is 1. The highest BCUT2D eigenvalue weighted by Crippen LogP contribution is 2.14. The van der Waals surface area contributed by atoms with E-state index < -0.39 is 0 Å². The molecular weight excluding hydrogens is 284 g/mol. The zero-order valence-electron chi connectivity index (χ0n) is 11.8. The molecule has 6 heteroatoms. The molecule has 0 aliphatic heterocycles. The summed E-state index contributed by atoms with van der Waals surface area (Å²) in [5.41, 5.74) is 5.42. The van der Waals surface area contributed by atoms with E-state index in [0.29, 0.717) is 5.11 Å². The summed E-state index contributed by atoms with van der Waals surface area (Å²) in [4.78, 5) is 4.05. The molecule has 0 aliphatic carbocycles. The van der Waals surface area contributed by atoms with E-state index in [1.165, 1.54) is 0 Å².